The van der Waals surface area contributed by atoms with Crippen molar-refractivity contribution in [1.29, 1.82) is 0 Å². The third-order valence-corrected chi connectivity index (χ3v) is 7.87. The maximum absolute atomic E-state index is 11.9. The molecule has 2 N–H and O–H groups in total. The van der Waals surface area contributed by atoms with Crippen molar-refractivity contribution in [2.45, 2.75) is 145 Å². The van der Waals surface area contributed by atoms with Gasteiger partial charge in [-0.25, -0.2) is 0 Å². The van der Waals surface area contributed by atoms with Crippen molar-refractivity contribution in [2.75, 3.05) is 0 Å². The van der Waals surface area contributed by atoms with Gasteiger partial charge in [0, 0.05) is 0 Å². The smallest absolute Gasteiger partial charge is 0.243 e. The highest BCUT2D eigenvalue weighted by atomic mass is 16.5. The maximum atomic E-state index is 11.9. The van der Waals surface area contributed by atoms with Gasteiger partial charge in [-0.3, -0.25) is 9.59 Å². The van der Waals surface area contributed by atoms with Crippen molar-refractivity contribution in [2.24, 2.45) is 23.7 Å². The summed E-state index contributed by atoms with van der Waals surface area (Å²) < 4.78 is 12.2. The summed E-state index contributed by atoms with van der Waals surface area (Å²) in [4.78, 5) is 23.8. The summed E-state index contributed by atoms with van der Waals surface area (Å²) in [5.41, 5.74) is 2.65. The lowest BCUT2D eigenvalue weighted by Crippen LogP contribution is -2.50. The van der Waals surface area contributed by atoms with Crippen LogP contribution in [0.15, 0.2) is 47.6 Å². The summed E-state index contributed by atoms with van der Waals surface area (Å²) in [6.45, 7) is 25.2. The lowest BCUT2D eigenvalue weighted by Gasteiger charge is -2.39. The topological polar surface area (TPSA) is 76.7 Å². The van der Waals surface area contributed by atoms with E-state index < -0.39 is 0 Å². The zero-order chi connectivity index (χ0) is 32.0. The van der Waals surface area contributed by atoms with E-state index in [0.29, 0.717) is 23.7 Å². The summed E-state index contributed by atoms with van der Waals surface area (Å²) in [6, 6.07) is 0.208. The highest BCUT2D eigenvalue weighted by molar-refractivity contribution is 5.88. The molecule has 0 radical (unpaired) electrons. The molecule has 0 spiro atoms. The first-order valence-corrected chi connectivity index (χ1v) is 16.1. The van der Waals surface area contributed by atoms with Crippen LogP contribution in [-0.4, -0.2) is 48.3 Å². The maximum Gasteiger partial charge on any atom is 0.243 e. The Morgan fingerprint density at radius 2 is 1.00 bits per heavy atom. The molecule has 2 saturated heterocycles. The quantitative estimate of drug-likeness (QED) is 0.203. The molecular weight excluding hydrogens is 524 g/mol. The van der Waals surface area contributed by atoms with Gasteiger partial charge in [0.05, 0.1) is 36.5 Å². The minimum absolute atomic E-state index is 0.0147. The van der Waals surface area contributed by atoms with E-state index in [-0.39, 0.29) is 48.3 Å². The predicted octanol–water partition coefficient (Wildman–Crippen LogP) is 7.71. The van der Waals surface area contributed by atoms with Gasteiger partial charge in [0.2, 0.25) is 11.8 Å². The molecule has 0 aliphatic carbocycles. The standard InChI is InChI=1S/2C18H31NO2/c2*1-12(2)7-9-17-14(5)11-16(15(6)21-17)19-18(20)10-8-13(3)4/h2*7-8,10,13-17H,9,11H2,1-6H3,(H,19,20)/b2*10-8-/t2*14-,15-,16-,17+/m11/s1. The molecule has 2 rings (SSSR count). The largest absolute Gasteiger partial charge is 0.373 e. The van der Waals surface area contributed by atoms with Crippen LogP contribution in [0.4, 0.5) is 0 Å². The lowest BCUT2D eigenvalue weighted by atomic mass is 9.88. The lowest BCUT2D eigenvalue weighted by molar-refractivity contribution is -0.124. The number of carbonyl (C=O) groups excluding carboxylic acids is 2. The van der Waals surface area contributed by atoms with Crippen LogP contribution < -0.4 is 10.6 Å². The second kappa shape index (κ2) is 19.2. The van der Waals surface area contributed by atoms with Crippen molar-refractivity contribution in [1.82, 2.24) is 10.6 Å². The predicted molar refractivity (Wildman–Crippen MR) is 176 cm³/mol. The summed E-state index contributed by atoms with van der Waals surface area (Å²) in [5, 5.41) is 6.15. The molecule has 2 aliphatic heterocycles. The Morgan fingerprint density at radius 3 is 1.29 bits per heavy atom. The molecule has 42 heavy (non-hydrogen) atoms. The average Bonchev–Trinajstić information content (AvgIpc) is 2.88. The van der Waals surface area contributed by atoms with E-state index in [9.17, 15) is 9.59 Å². The van der Waals surface area contributed by atoms with Crippen LogP contribution in [0.25, 0.3) is 0 Å². The molecule has 240 valence electrons. The zero-order valence-electron chi connectivity index (χ0n) is 28.7. The molecule has 0 aromatic carbocycles. The van der Waals surface area contributed by atoms with E-state index in [1.54, 1.807) is 12.2 Å². The number of hydrogen-bond acceptors (Lipinski definition) is 4. The molecule has 8 atom stereocenters. The van der Waals surface area contributed by atoms with Gasteiger partial charge < -0.3 is 20.1 Å². The van der Waals surface area contributed by atoms with Crippen molar-refractivity contribution < 1.29 is 19.1 Å². The molecule has 6 nitrogen and oxygen atoms in total. The van der Waals surface area contributed by atoms with E-state index in [1.807, 2.05) is 12.2 Å². The molecular formula is C36H62N2O4. The minimum Gasteiger partial charge on any atom is -0.373 e. The number of rotatable bonds is 10. The molecule has 2 heterocycles. The normalized spacial score (nSPS) is 29.7. The van der Waals surface area contributed by atoms with Crippen molar-refractivity contribution in [3.63, 3.8) is 0 Å². The summed E-state index contributed by atoms with van der Waals surface area (Å²) in [5.74, 6) is 1.66. The highest BCUT2D eigenvalue weighted by Crippen LogP contribution is 2.29. The van der Waals surface area contributed by atoms with Gasteiger partial charge in [0.25, 0.3) is 0 Å². The third kappa shape index (κ3) is 15.3. The minimum atomic E-state index is -0.0147. The molecule has 0 bridgehead atoms. The first kappa shape index (κ1) is 37.8. The van der Waals surface area contributed by atoms with Gasteiger partial charge in [0.15, 0.2) is 0 Å². The van der Waals surface area contributed by atoms with Crippen LogP contribution in [0.5, 0.6) is 0 Å². The van der Waals surface area contributed by atoms with Gasteiger partial charge in [0.1, 0.15) is 0 Å². The molecule has 0 aromatic heterocycles. The summed E-state index contributed by atoms with van der Waals surface area (Å²) in [7, 11) is 0. The molecule has 2 fully saturated rings. The van der Waals surface area contributed by atoms with Crippen LogP contribution in [-0.2, 0) is 19.1 Å². The number of hydrogen-bond donors (Lipinski definition) is 2. The monoisotopic (exact) mass is 586 g/mol. The Morgan fingerprint density at radius 1 is 0.667 bits per heavy atom. The van der Waals surface area contributed by atoms with E-state index >= 15 is 0 Å². The zero-order valence-corrected chi connectivity index (χ0v) is 28.7. The fourth-order valence-electron chi connectivity index (χ4n) is 5.15. The van der Waals surface area contributed by atoms with Crippen molar-refractivity contribution >= 4 is 11.8 Å². The molecule has 0 aromatic rings. The van der Waals surface area contributed by atoms with Gasteiger partial charge in [-0.05, 0) is 103 Å². The molecule has 2 aliphatic rings. The van der Waals surface area contributed by atoms with Crippen molar-refractivity contribution in [3.8, 4) is 0 Å². The van der Waals surface area contributed by atoms with Crippen LogP contribution in [0.3, 0.4) is 0 Å². The number of amides is 2. The van der Waals surface area contributed by atoms with E-state index in [2.05, 4.69) is 106 Å². The Kier molecular flexibility index (Phi) is 17.3. The van der Waals surface area contributed by atoms with Gasteiger partial charge >= 0.3 is 0 Å². The van der Waals surface area contributed by atoms with Crippen LogP contribution in [0.1, 0.15) is 109 Å². The molecule has 0 unspecified atom stereocenters. The molecule has 0 saturated carbocycles. The second-order valence-electron chi connectivity index (χ2n) is 13.7. The van der Waals surface area contributed by atoms with E-state index in [1.165, 1.54) is 11.1 Å². The van der Waals surface area contributed by atoms with Gasteiger partial charge in [-0.15, -0.1) is 0 Å². The number of nitrogens with one attached hydrogen (secondary N) is 2. The second-order valence-corrected chi connectivity index (χ2v) is 13.7. The first-order chi connectivity index (χ1) is 19.6. The van der Waals surface area contributed by atoms with Gasteiger partial charge in [-0.2, -0.15) is 0 Å². The van der Waals surface area contributed by atoms with Crippen molar-refractivity contribution in [3.05, 3.63) is 47.6 Å². The summed E-state index contributed by atoms with van der Waals surface area (Å²) in [6.07, 6.45) is 16.1. The number of carbonyl (C=O) groups is 2. The Bertz CT molecular complexity index is 864. The fourth-order valence-corrected chi connectivity index (χ4v) is 5.15. The third-order valence-electron chi connectivity index (χ3n) is 7.87. The van der Waals surface area contributed by atoms with E-state index in [4.69, 9.17) is 9.47 Å². The van der Waals surface area contributed by atoms with Crippen LogP contribution >= 0.6 is 0 Å². The Balaban J connectivity index is 0.000000420. The molecule has 2 amide bonds. The number of ether oxygens (including phenoxy) is 2. The first-order valence-electron chi connectivity index (χ1n) is 16.1. The Labute approximate surface area is 257 Å². The van der Waals surface area contributed by atoms with Gasteiger partial charge in [-0.1, -0.05) is 77.0 Å². The number of allylic oxidation sites excluding steroid dienone is 4. The van der Waals surface area contributed by atoms with Crippen LogP contribution in [0.2, 0.25) is 0 Å². The SMILES string of the molecule is CC(C)=CC[C@@H]1O[C@H](C)[C@H](NC(=O)/C=C\C(C)C)C[C@H]1C.CC(C)=CC[C@@H]1O[C@H](C)[C@H](NC(=O)/C=C\C(C)C)C[C@H]1C. The highest BCUT2D eigenvalue weighted by Gasteiger charge is 2.34. The Hall–Kier alpha value is -2.18. The molecule has 6 heteroatoms. The average molecular weight is 587 g/mol. The fraction of sp³-hybridized carbons (Fsp3) is 0.722. The van der Waals surface area contributed by atoms with E-state index in [0.717, 1.165) is 25.7 Å². The summed E-state index contributed by atoms with van der Waals surface area (Å²) >= 11 is 0. The van der Waals surface area contributed by atoms with Crippen LogP contribution in [0, 0.1) is 23.7 Å².